The lowest BCUT2D eigenvalue weighted by Crippen LogP contribution is -2.11. The predicted octanol–water partition coefficient (Wildman–Crippen LogP) is 1.67. The van der Waals surface area contributed by atoms with Crippen molar-refractivity contribution in [3.05, 3.63) is 47.4 Å². The van der Waals surface area contributed by atoms with Crippen molar-refractivity contribution in [2.24, 2.45) is 5.84 Å². The zero-order valence-electron chi connectivity index (χ0n) is 10.5. The van der Waals surface area contributed by atoms with Crippen LogP contribution in [0, 0.1) is 6.92 Å². The molecule has 3 N–H and O–H groups in total. The highest BCUT2D eigenvalue weighted by atomic mass is 16.5. The van der Waals surface area contributed by atoms with Crippen molar-refractivity contribution < 1.29 is 4.74 Å². The Morgan fingerprint density at radius 3 is 2.83 bits per heavy atom. The Labute approximate surface area is 106 Å². The Bertz CT molecular complexity index is 542. The molecular formula is C13H16N4O. The molecule has 2 rings (SSSR count). The predicted molar refractivity (Wildman–Crippen MR) is 70.4 cm³/mol. The van der Waals surface area contributed by atoms with Gasteiger partial charge in [-0.2, -0.15) is 0 Å². The normalized spacial score (nSPS) is 10.2. The van der Waals surface area contributed by atoms with Crippen LogP contribution in [-0.2, 0) is 6.42 Å². The molecule has 0 atom stereocenters. The first-order valence-electron chi connectivity index (χ1n) is 5.65. The van der Waals surface area contributed by atoms with Crippen LogP contribution in [0.3, 0.4) is 0 Å². The summed E-state index contributed by atoms with van der Waals surface area (Å²) in [6.07, 6.45) is 0.646. The van der Waals surface area contributed by atoms with E-state index in [1.807, 2.05) is 31.2 Å². The number of hydrogen-bond acceptors (Lipinski definition) is 5. The maximum absolute atomic E-state index is 5.37. The van der Waals surface area contributed by atoms with Crippen molar-refractivity contribution in [3.63, 3.8) is 0 Å². The molecule has 2 aromatic rings. The summed E-state index contributed by atoms with van der Waals surface area (Å²) in [5.74, 6) is 7.56. The van der Waals surface area contributed by atoms with E-state index in [0.29, 0.717) is 12.2 Å². The van der Waals surface area contributed by atoms with Crippen LogP contribution in [0.25, 0.3) is 0 Å². The monoisotopic (exact) mass is 244 g/mol. The van der Waals surface area contributed by atoms with Gasteiger partial charge in [-0.3, -0.25) is 0 Å². The summed E-state index contributed by atoms with van der Waals surface area (Å²) in [5, 5.41) is 0. The number of aryl methyl sites for hydroxylation is 1. The summed E-state index contributed by atoms with van der Waals surface area (Å²) >= 11 is 0. The van der Waals surface area contributed by atoms with Gasteiger partial charge in [-0.1, -0.05) is 12.1 Å². The number of aromatic nitrogens is 2. The number of hydrogen-bond donors (Lipinski definition) is 2. The van der Waals surface area contributed by atoms with Crippen LogP contribution in [0.2, 0.25) is 0 Å². The molecule has 0 aliphatic rings. The molecule has 0 aliphatic carbocycles. The van der Waals surface area contributed by atoms with E-state index in [0.717, 1.165) is 22.8 Å². The third-order valence-corrected chi connectivity index (χ3v) is 2.54. The fourth-order valence-electron chi connectivity index (χ4n) is 1.75. The zero-order valence-corrected chi connectivity index (χ0v) is 10.5. The molecule has 0 fully saturated rings. The van der Waals surface area contributed by atoms with Crippen LogP contribution in [0.1, 0.15) is 17.1 Å². The lowest BCUT2D eigenvalue weighted by Gasteiger charge is -2.06. The van der Waals surface area contributed by atoms with Crippen molar-refractivity contribution in [3.8, 4) is 5.75 Å². The molecule has 0 saturated carbocycles. The summed E-state index contributed by atoms with van der Waals surface area (Å²) < 4.78 is 5.19. The quantitative estimate of drug-likeness (QED) is 0.632. The van der Waals surface area contributed by atoms with Crippen molar-refractivity contribution in [2.75, 3.05) is 12.5 Å². The number of benzene rings is 1. The van der Waals surface area contributed by atoms with E-state index in [9.17, 15) is 0 Å². The Kier molecular flexibility index (Phi) is 3.74. The lowest BCUT2D eigenvalue weighted by molar-refractivity contribution is 0.414. The third kappa shape index (κ3) is 2.95. The minimum absolute atomic E-state index is 0.625. The number of rotatable bonds is 4. The number of nitrogens with zero attached hydrogens (tertiary/aromatic N) is 2. The summed E-state index contributed by atoms with van der Waals surface area (Å²) in [4.78, 5) is 8.70. The van der Waals surface area contributed by atoms with E-state index in [1.54, 1.807) is 13.2 Å². The van der Waals surface area contributed by atoms with Crippen LogP contribution < -0.4 is 16.0 Å². The van der Waals surface area contributed by atoms with Gasteiger partial charge in [0.05, 0.1) is 7.11 Å². The maximum atomic E-state index is 5.37. The number of nitrogens with two attached hydrogens (primary N) is 1. The first-order chi connectivity index (χ1) is 8.71. The Balaban J connectivity index is 2.24. The van der Waals surface area contributed by atoms with Gasteiger partial charge in [0.1, 0.15) is 17.4 Å². The average Bonchev–Trinajstić information content (AvgIpc) is 2.38. The molecule has 0 aliphatic heterocycles. The van der Waals surface area contributed by atoms with Crippen molar-refractivity contribution >= 4 is 5.82 Å². The fourth-order valence-corrected chi connectivity index (χ4v) is 1.75. The van der Waals surface area contributed by atoms with E-state index >= 15 is 0 Å². The lowest BCUT2D eigenvalue weighted by atomic mass is 10.1. The van der Waals surface area contributed by atoms with Crippen molar-refractivity contribution in [1.29, 1.82) is 0 Å². The standard InChI is InChI=1S/C13H16N4O/c1-9-6-13(17-14)16-12(15-9)8-10-4-3-5-11(7-10)18-2/h3-7H,8,14H2,1-2H3,(H,15,16,17). The molecule has 5 heteroatoms. The third-order valence-electron chi connectivity index (χ3n) is 2.54. The smallest absolute Gasteiger partial charge is 0.143 e. The summed E-state index contributed by atoms with van der Waals surface area (Å²) in [6, 6.07) is 9.65. The van der Waals surface area contributed by atoms with Crippen LogP contribution in [0.5, 0.6) is 5.75 Å². The minimum atomic E-state index is 0.625. The fraction of sp³-hybridized carbons (Fsp3) is 0.231. The highest BCUT2D eigenvalue weighted by molar-refractivity contribution is 5.36. The molecule has 0 unspecified atom stereocenters. The second-order valence-electron chi connectivity index (χ2n) is 3.98. The van der Waals surface area contributed by atoms with Crippen LogP contribution >= 0.6 is 0 Å². The molecule has 1 aromatic heterocycles. The number of nitrogen functional groups attached to an aromatic ring is 1. The summed E-state index contributed by atoms with van der Waals surface area (Å²) in [7, 11) is 1.65. The van der Waals surface area contributed by atoms with Crippen molar-refractivity contribution in [1.82, 2.24) is 9.97 Å². The Morgan fingerprint density at radius 1 is 1.28 bits per heavy atom. The van der Waals surface area contributed by atoms with E-state index in [1.165, 1.54) is 0 Å². The van der Waals surface area contributed by atoms with Crippen LogP contribution in [0.4, 0.5) is 5.82 Å². The van der Waals surface area contributed by atoms with E-state index in [-0.39, 0.29) is 0 Å². The topological polar surface area (TPSA) is 73.1 Å². The summed E-state index contributed by atoms with van der Waals surface area (Å²) in [6.45, 7) is 1.91. The van der Waals surface area contributed by atoms with Gasteiger partial charge in [0, 0.05) is 18.2 Å². The molecule has 18 heavy (non-hydrogen) atoms. The molecule has 1 aromatic carbocycles. The first-order valence-corrected chi connectivity index (χ1v) is 5.65. The summed E-state index contributed by atoms with van der Waals surface area (Å²) in [5.41, 5.74) is 4.53. The van der Waals surface area contributed by atoms with Gasteiger partial charge in [-0.15, -0.1) is 0 Å². The van der Waals surface area contributed by atoms with Crippen LogP contribution in [-0.4, -0.2) is 17.1 Å². The molecule has 94 valence electrons. The van der Waals surface area contributed by atoms with E-state index in [4.69, 9.17) is 10.6 Å². The molecule has 5 nitrogen and oxygen atoms in total. The maximum Gasteiger partial charge on any atom is 0.143 e. The molecule has 0 radical (unpaired) electrons. The highest BCUT2D eigenvalue weighted by Gasteiger charge is 2.04. The van der Waals surface area contributed by atoms with Gasteiger partial charge in [-0.25, -0.2) is 15.8 Å². The molecule has 0 amide bonds. The molecule has 0 saturated heterocycles. The van der Waals surface area contributed by atoms with Crippen molar-refractivity contribution in [2.45, 2.75) is 13.3 Å². The SMILES string of the molecule is COc1cccc(Cc2nc(C)cc(NN)n2)c1. The second kappa shape index (κ2) is 5.46. The molecule has 0 spiro atoms. The van der Waals surface area contributed by atoms with Gasteiger partial charge in [-0.05, 0) is 24.6 Å². The Hall–Kier alpha value is -2.14. The van der Waals surface area contributed by atoms with E-state index in [2.05, 4.69) is 15.4 Å². The van der Waals surface area contributed by atoms with Gasteiger partial charge in [0.2, 0.25) is 0 Å². The molecule has 0 bridgehead atoms. The number of methoxy groups -OCH3 is 1. The Morgan fingerprint density at radius 2 is 2.11 bits per heavy atom. The highest BCUT2D eigenvalue weighted by Crippen LogP contribution is 2.15. The number of ether oxygens (including phenoxy) is 1. The van der Waals surface area contributed by atoms with Gasteiger partial charge in [0.25, 0.3) is 0 Å². The minimum Gasteiger partial charge on any atom is -0.497 e. The van der Waals surface area contributed by atoms with Gasteiger partial charge >= 0.3 is 0 Å². The number of anilines is 1. The molecular weight excluding hydrogens is 228 g/mol. The van der Waals surface area contributed by atoms with E-state index < -0.39 is 0 Å². The number of hydrazine groups is 1. The zero-order chi connectivity index (χ0) is 13.0. The number of nitrogens with one attached hydrogen (secondary N) is 1. The molecule has 1 heterocycles. The second-order valence-corrected chi connectivity index (χ2v) is 3.98. The average molecular weight is 244 g/mol. The first kappa shape index (κ1) is 12.3. The van der Waals surface area contributed by atoms with Crippen LogP contribution in [0.15, 0.2) is 30.3 Å². The van der Waals surface area contributed by atoms with Gasteiger partial charge in [0.15, 0.2) is 0 Å². The largest absolute Gasteiger partial charge is 0.497 e. The van der Waals surface area contributed by atoms with Gasteiger partial charge < -0.3 is 10.2 Å².